The van der Waals surface area contributed by atoms with Gasteiger partial charge >= 0.3 is 0 Å². The first kappa shape index (κ1) is 16.7. The van der Waals surface area contributed by atoms with Gasteiger partial charge in [0.05, 0.1) is 11.9 Å². The van der Waals surface area contributed by atoms with Gasteiger partial charge in [0, 0.05) is 12.6 Å². The highest BCUT2D eigenvalue weighted by atomic mass is 32.2. The van der Waals surface area contributed by atoms with Gasteiger partial charge in [-0.05, 0) is 38.3 Å². The van der Waals surface area contributed by atoms with Crippen molar-refractivity contribution in [1.82, 2.24) is 14.5 Å². The zero-order valence-electron chi connectivity index (χ0n) is 13.5. The first-order valence-electron chi connectivity index (χ1n) is 7.52. The van der Waals surface area contributed by atoms with Crippen molar-refractivity contribution in [2.45, 2.75) is 51.6 Å². The first-order valence-corrected chi connectivity index (χ1v) is 9.01. The zero-order chi connectivity index (χ0) is 16.3. The van der Waals surface area contributed by atoms with E-state index in [1.54, 1.807) is 11.6 Å². The van der Waals surface area contributed by atoms with E-state index in [2.05, 4.69) is 16.7 Å². The number of benzene rings is 1. The Morgan fingerprint density at radius 3 is 2.36 bits per heavy atom. The summed E-state index contributed by atoms with van der Waals surface area (Å²) in [6.07, 6.45) is 2.38. The largest absolute Gasteiger partial charge is 0.269 e. The van der Waals surface area contributed by atoms with Gasteiger partial charge in [-0.3, -0.25) is 4.68 Å². The van der Waals surface area contributed by atoms with E-state index >= 15 is 0 Å². The molecule has 0 radical (unpaired) electrons. The van der Waals surface area contributed by atoms with E-state index in [0.29, 0.717) is 12.2 Å². The third kappa shape index (κ3) is 3.39. The van der Waals surface area contributed by atoms with Crippen LogP contribution in [-0.2, 0) is 23.0 Å². The molecule has 0 bridgehead atoms. The average Bonchev–Trinajstić information content (AvgIpc) is 2.88. The Balaban J connectivity index is 2.21. The van der Waals surface area contributed by atoms with Gasteiger partial charge in [0.1, 0.15) is 4.90 Å². The van der Waals surface area contributed by atoms with Crippen molar-refractivity contribution in [1.29, 1.82) is 0 Å². The monoisotopic (exact) mass is 321 g/mol. The summed E-state index contributed by atoms with van der Waals surface area (Å²) >= 11 is 0. The van der Waals surface area contributed by atoms with E-state index in [9.17, 15) is 8.42 Å². The van der Waals surface area contributed by atoms with E-state index < -0.39 is 10.0 Å². The van der Waals surface area contributed by atoms with Crippen LogP contribution in [0, 0.1) is 6.92 Å². The van der Waals surface area contributed by atoms with E-state index in [-0.39, 0.29) is 10.9 Å². The lowest BCUT2D eigenvalue weighted by Crippen LogP contribution is -2.27. The lowest BCUT2D eigenvalue weighted by atomic mass is 10.1. The van der Waals surface area contributed by atoms with Crippen molar-refractivity contribution in [3.05, 3.63) is 47.3 Å². The summed E-state index contributed by atoms with van der Waals surface area (Å²) in [5, 5.41) is 4.10. The van der Waals surface area contributed by atoms with Crippen LogP contribution in [-0.4, -0.2) is 18.2 Å². The van der Waals surface area contributed by atoms with Crippen LogP contribution in [0.4, 0.5) is 0 Å². The molecular weight excluding hydrogens is 298 g/mol. The molecule has 2 aromatic rings. The Labute approximate surface area is 132 Å². The molecule has 1 N–H and O–H groups in total. The summed E-state index contributed by atoms with van der Waals surface area (Å²) in [6, 6.07) is 7.70. The summed E-state index contributed by atoms with van der Waals surface area (Å²) < 4.78 is 29.4. The molecule has 0 saturated heterocycles. The van der Waals surface area contributed by atoms with Gasteiger partial charge in [-0.15, -0.1) is 0 Å². The van der Waals surface area contributed by atoms with Crippen molar-refractivity contribution >= 4 is 10.0 Å². The quantitative estimate of drug-likeness (QED) is 0.890. The Morgan fingerprint density at radius 1 is 1.23 bits per heavy atom. The molecule has 0 fully saturated rings. The van der Waals surface area contributed by atoms with Crippen LogP contribution in [0.15, 0.2) is 35.4 Å². The smallest absolute Gasteiger partial charge is 0.244 e. The van der Waals surface area contributed by atoms with Crippen molar-refractivity contribution in [2.24, 2.45) is 0 Å². The molecule has 0 aliphatic heterocycles. The lowest BCUT2D eigenvalue weighted by molar-refractivity contribution is 0.565. The molecule has 6 heteroatoms. The molecule has 1 heterocycles. The van der Waals surface area contributed by atoms with E-state index in [0.717, 1.165) is 12.0 Å². The number of rotatable bonds is 6. The number of hydrogen-bond donors (Lipinski definition) is 1. The average molecular weight is 321 g/mol. The SMILES string of the molecule is CCc1ccc(C(C)NS(=O)(=O)c2cnn(CC)c2C)cc1. The highest BCUT2D eigenvalue weighted by molar-refractivity contribution is 7.89. The lowest BCUT2D eigenvalue weighted by Gasteiger charge is -2.15. The molecule has 1 atom stereocenters. The van der Waals surface area contributed by atoms with Gasteiger partial charge in [-0.2, -0.15) is 5.10 Å². The van der Waals surface area contributed by atoms with E-state index in [1.165, 1.54) is 11.8 Å². The van der Waals surface area contributed by atoms with E-state index in [1.807, 2.05) is 38.1 Å². The minimum atomic E-state index is -3.58. The second-order valence-electron chi connectivity index (χ2n) is 5.35. The maximum atomic E-state index is 12.5. The normalized spacial score (nSPS) is 13.3. The minimum absolute atomic E-state index is 0.242. The molecule has 22 heavy (non-hydrogen) atoms. The topological polar surface area (TPSA) is 64.0 Å². The van der Waals surface area contributed by atoms with Gasteiger partial charge in [0.25, 0.3) is 0 Å². The molecule has 0 amide bonds. The first-order chi connectivity index (χ1) is 10.4. The fraction of sp³-hybridized carbons (Fsp3) is 0.438. The summed E-state index contributed by atoms with van der Waals surface area (Å²) in [5.74, 6) is 0. The third-order valence-corrected chi connectivity index (χ3v) is 5.51. The summed E-state index contributed by atoms with van der Waals surface area (Å²) in [5.41, 5.74) is 2.84. The van der Waals surface area contributed by atoms with Crippen LogP contribution in [0.3, 0.4) is 0 Å². The molecule has 0 saturated carbocycles. The van der Waals surface area contributed by atoms with Crippen LogP contribution < -0.4 is 4.72 Å². The molecule has 2 rings (SSSR count). The Bertz CT molecular complexity index is 733. The molecule has 1 aromatic carbocycles. The van der Waals surface area contributed by atoms with Crippen LogP contribution in [0.5, 0.6) is 0 Å². The maximum Gasteiger partial charge on any atom is 0.244 e. The second-order valence-corrected chi connectivity index (χ2v) is 7.03. The van der Waals surface area contributed by atoms with Crippen LogP contribution in [0.2, 0.25) is 0 Å². The fourth-order valence-corrected chi connectivity index (χ4v) is 3.83. The molecule has 1 unspecified atom stereocenters. The van der Waals surface area contributed by atoms with Crippen molar-refractivity contribution in [3.8, 4) is 0 Å². The predicted molar refractivity (Wildman–Crippen MR) is 87.2 cm³/mol. The molecule has 1 aromatic heterocycles. The molecule has 5 nitrogen and oxygen atoms in total. The number of aryl methyl sites for hydroxylation is 2. The zero-order valence-corrected chi connectivity index (χ0v) is 14.3. The molecule has 0 aliphatic rings. The maximum absolute atomic E-state index is 12.5. The third-order valence-electron chi connectivity index (χ3n) is 3.87. The minimum Gasteiger partial charge on any atom is -0.269 e. The number of aromatic nitrogens is 2. The van der Waals surface area contributed by atoms with Crippen LogP contribution >= 0.6 is 0 Å². The van der Waals surface area contributed by atoms with Crippen molar-refractivity contribution in [3.63, 3.8) is 0 Å². The number of hydrogen-bond acceptors (Lipinski definition) is 3. The van der Waals surface area contributed by atoms with Gasteiger partial charge in [0.15, 0.2) is 0 Å². The standard InChI is InChI=1S/C16H23N3O2S/c1-5-14-7-9-15(10-8-14)12(3)18-22(20,21)16-11-17-19(6-2)13(16)4/h7-12,18H,5-6H2,1-4H3. The second kappa shape index (κ2) is 6.62. The summed E-state index contributed by atoms with van der Waals surface area (Å²) in [4.78, 5) is 0.242. The molecule has 0 aliphatic carbocycles. The number of sulfonamides is 1. The molecule has 0 spiro atoms. The van der Waals surface area contributed by atoms with Crippen molar-refractivity contribution < 1.29 is 8.42 Å². The fourth-order valence-electron chi connectivity index (χ4n) is 2.42. The van der Waals surface area contributed by atoms with Gasteiger partial charge in [-0.1, -0.05) is 31.2 Å². The Morgan fingerprint density at radius 2 is 1.86 bits per heavy atom. The van der Waals surface area contributed by atoms with E-state index in [4.69, 9.17) is 0 Å². The van der Waals surface area contributed by atoms with Gasteiger partial charge < -0.3 is 0 Å². The predicted octanol–water partition coefficient (Wildman–Crippen LogP) is 2.81. The van der Waals surface area contributed by atoms with Crippen LogP contribution in [0.25, 0.3) is 0 Å². The highest BCUT2D eigenvalue weighted by Gasteiger charge is 2.23. The van der Waals surface area contributed by atoms with Gasteiger partial charge in [0.2, 0.25) is 10.0 Å². The molecule has 120 valence electrons. The molecular formula is C16H23N3O2S. The van der Waals surface area contributed by atoms with Crippen LogP contribution in [0.1, 0.15) is 43.6 Å². The number of nitrogens with zero attached hydrogens (tertiary/aromatic N) is 2. The highest BCUT2D eigenvalue weighted by Crippen LogP contribution is 2.19. The van der Waals surface area contributed by atoms with Gasteiger partial charge in [-0.25, -0.2) is 13.1 Å². The summed E-state index contributed by atoms with van der Waals surface area (Å²) in [7, 11) is -3.58. The Hall–Kier alpha value is -1.66. The number of nitrogens with one attached hydrogen (secondary N) is 1. The Kier molecular flexibility index (Phi) is 5.03. The summed E-state index contributed by atoms with van der Waals surface area (Å²) in [6.45, 7) is 8.29. The van der Waals surface area contributed by atoms with Crippen molar-refractivity contribution in [2.75, 3.05) is 0 Å².